The first kappa shape index (κ1) is 22.2. The Morgan fingerprint density at radius 2 is 1.79 bits per heavy atom. The summed E-state index contributed by atoms with van der Waals surface area (Å²) in [5.41, 5.74) is 5.44. The third-order valence-corrected chi connectivity index (χ3v) is 8.13. The molecule has 1 aliphatic heterocycles. The molecular formula is C26H27N3O2S2. The number of carbonyl (C=O) groups is 2. The van der Waals surface area contributed by atoms with Crippen LogP contribution in [0.2, 0.25) is 0 Å². The van der Waals surface area contributed by atoms with Crippen LogP contribution in [0.15, 0.2) is 52.7 Å². The summed E-state index contributed by atoms with van der Waals surface area (Å²) in [5, 5.41) is 5.53. The van der Waals surface area contributed by atoms with Gasteiger partial charge in [-0.1, -0.05) is 24.3 Å². The van der Waals surface area contributed by atoms with E-state index in [1.807, 2.05) is 28.5 Å². The van der Waals surface area contributed by atoms with Gasteiger partial charge in [-0.2, -0.15) is 0 Å². The van der Waals surface area contributed by atoms with Crippen LogP contribution in [0, 0.1) is 0 Å². The number of anilines is 1. The van der Waals surface area contributed by atoms with Crippen LogP contribution in [0.5, 0.6) is 0 Å². The molecule has 0 bridgehead atoms. The molecule has 1 aliphatic carbocycles. The molecule has 170 valence electrons. The monoisotopic (exact) mass is 477 g/mol. The number of hydrogen-bond donors (Lipinski definition) is 1. The van der Waals surface area contributed by atoms with Crippen molar-refractivity contribution in [1.82, 2.24) is 9.88 Å². The molecule has 1 fully saturated rings. The molecule has 1 N–H and O–H groups in total. The molecule has 5 rings (SSSR count). The number of thioether (sulfide) groups is 1. The Balaban J connectivity index is 1.26. The van der Waals surface area contributed by atoms with E-state index in [2.05, 4.69) is 28.5 Å². The predicted octanol–water partition coefficient (Wildman–Crippen LogP) is 5.66. The lowest BCUT2D eigenvalue weighted by atomic mass is 9.90. The molecule has 2 aromatic carbocycles. The summed E-state index contributed by atoms with van der Waals surface area (Å²) in [4.78, 5) is 32.8. The molecule has 2 amide bonds. The lowest BCUT2D eigenvalue weighted by molar-refractivity contribution is -0.127. The number of nitrogens with one attached hydrogen (secondary N) is 1. The Hall–Kier alpha value is -2.64. The molecule has 1 saturated heterocycles. The zero-order valence-electron chi connectivity index (χ0n) is 18.5. The fraction of sp³-hybridized carbons (Fsp3) is 0.346. The van der Waals surface area contributed by atoms with Gasteiger partial charge in [0.2, 0.25) is 5.91 Å². The largest absolute Gasteiger partial charge is 0.342 e. The highest BCUT2D eigenvalue weighted by Gasteiger charge is 2.20. The molecular weight excluding hydrogens is 450 g/mol. The fourth-order valence-corrected chi connectivity index (χ4v) is 6.17. The van der Waals surface area contributed by atoms with Gasteiger partial charge in [-0.15, -0.1) is 23.1 Å². The molecule has 2 aliphatic rings. The quantitative estimate of drug-likeness (QED) is 0.466. The van der Waals surface area contributed by atoms with Gasteiger partial charge >= 0.3 is 0 Å². The summed E-state index contributed by atoms with van der Waals surface area (Å²) in [5.74, 6) is 0.296. The second-order valence-electron chi connectivity index (χ2n) is 8.56. The summed E-state index contributed by atoms with van der Waals surface area (Å²) in [6.07, 6.45) is 6.97. The van der Waals surface area contributed by atoms with Gasteiger partial charge in [0.05, 0.1) is 17.0 Å². The van der Waals surface area contributed by atoms with E-state index in [4.69, 9.17) is 0 Å². The average molecular weight is 478 g/mol. The molecule has 1 aromatic heterocycles. The Morgan fingerprint density at radius 1 is 1.00 bits per heavy atom. The first-order valence-corrected chi connectivity index (χ1v) is 13.4. The SMILES string of the molecule is O=C(Nc1nc(-c2ccc3c(c2)CCCC3)cs1)c1ccccc1SCC(=O)N1CCCC1. The summed E-state index contributed by atoms with van der Waals surface area (Å²) in [6, 6.07) is 14.1. The number of likely N-dealkylation sites (tertiary alicyclic amines) is 1. The fourth-order valence-electron chi connectivity index (χ4n) is 4.50. The van der Waals surface area contributed by atoms with Crippen molar-refractivity contribution in [3.63, 3.8) is 0 Å². The van der Waals surface area contributed by atoms with Crippen LogP contribution in [0.3, 0.4) is 0 Å². The Labute approximate surface area is 202 Å². The second-order valence-corrected chi connectivity index (χ2v) is 10.4. The minimum atomic E-state index is -0.196. The molecule has 7 heteroatoms. The molecule has 0 radical (unpaired) electrons. The number of fused-ring (bicyclic) bond motifs is 1. The molecule has 0 spiro atoms. The van der Waals surface area contributed by atoms with E-state index in [1.165, 1.54) is 47.1 Å². The van der Waals surface area contributed by atoms with E-state index < -0.39 is 0 Å². The van der Waals surface area contributed by atoms with Crippen LogP contribution in [-0.2, 0) is 17.6 Å². The number of thiazole rings is 1. The molecule has 33 heavy (non-hydrogen) atoms. The van der Waals surface area contributed by atoms with Crippen molar-refractivity contribution in [1.29, 1.82) is 0 Å². The van der Waals surface area contributed by atoms with Gasteiger partial charge in [0.15, 0.2) is 5.13 Å². The molecule has 3 aromatic rings. The number of benzene rings is 2. The highest BCUT2D eigenvalue weighted by atomic mass is 32.2. The van der Waals surface area contributed by atoms with Crippen LogP contribution in [0.25, 0.3) is 11.3 Å². The van der Waals surface area contributed by atoms with E-state index in [1.54, 1.807) is 6.07 Å². The van der Waals surface area contributed by atoms with Crippen molar-refractivity contribution in [3.8, 4) is 11.3 Å². The molecule has 2 heterocycles. The van der Waals surface area contributed by atoms with Crippen LogP contribution in [-0.4, -0.2) is 40.5 Å². The van der Waals surface area contributed by atoms with Gasteiger partial charge in [-0.05, 0) is 67.9 Å². The highest BCUT2D eigenvalue weighted by molar-refractivity contribution is 8.00. The Morgan fingerprint density at radius 3 is 2.64 bits per heavy atom. The van der Waals surface area contributed by atoms with Crippen molar-refractivity contribution in [2.75, 3.05) is 24.2 Å². The standard InChI is InChI=1S/C26H27N3O2S2/c30-24(29-13-5-6-14-29)17-32-23-10-4-3-9-21(23)25(31)28-26-27-22(16-33-26)20-12-11-18-7-1-2-8-19(18)15-20/h3-4,9-12,15-16H,1-2,5-8,13-14,17H2,(H,27,28,31). The van der Waals surface area contributed by atoms with E-state index >= 15 is 0 Å². The normalized spacial score (nSPS) is 15.3. The second kappa shape index (κ2) is 10.1. The number of aryl methyl sites for hydroxylation is 2. The van der Waals surface area contributed by atoms with Crippen LogP contribution in [0.1, 0.15) is 47.2 Å². The first-order valence-electron chi connectivity index (χ1n) is 11.6. The van der Waals surface area contributed by atoms with E-state index in [0.29, 0.717) is 16.4 Å². The average Bonchev–Trinajstić information content (AvgIpc) is 3.55. The summed E-state index contributed by atoms with van der Waals surface area (Å²) in [6.45, 7) is 1.69. The molecule has 0 atom stereocenters. The van der Waals surface area contributed by atoms with Crippen molar-refractivity contribution in [2.45, 2.75) is 43.4 Å². The number of nitrogens with zero attached hydrogens (tertiary/aromatic N) is 2. The maximum absolute atomic E-state index is 13.0. The lowest BCUT2D eigenvalue weighted by Gasteiger charge is -2.16. The van der Waals surface area contributed by atoms with Crippen molar-refractivity contribution >= 4 is 40.0 Å². The van der Waals surface area contributed by atoms with Gasteiger partial charge in [-0.3, -0.25) is 14.9 Å². The Kier molecular flexibility index (Phi) is 6.78. The first-order chi connectivity index (χ1) is 16.2. The van der Waals surface area contributed by atoms with Crippen molar-refractivity contribution in [2.24, 2.45) is 0 Å². The van der Waals surface area contributed by atoms with Gasteiger partial charge in [0, 0.05) is 28.9 Å². The number of carbonyl (C=O) groups excluding carboxylic acids is 2. The number of hydrogen-bond acceptors (Lipinski definition) is 5. The third-order valence-electron chi connectivity index (χ3n) is 6.31. The van der Waals surface area contributed by atoms with E-state index in [-0.39, 0.29) is 11.8 Å². The van der Waals surface area contributed by atoms with Gasteiger partial charge in [-0.25, -0.2) is 4.98 Å². The Bertz CT molecular complexity index is 1170. The number of rotatable bonds is 6. The topological polar surface area (TPSA) is 62.3 Å². The van der Waals surface area contributed by atoms with Crippen LogP contribution >= 0.6 is 23.1 Å². The zero-order chi connectivity index (χ0) is 22.6. The van der Waals surface area contributed by atoms with E-state index in [9.17, 15) is 9.59 Å². The van der Waals surface area contributed by atoms with Gasteiger partial charge in [0.25, 0.3) is 5.91 Å². The summed E-state index contributed by atoms with van der Waals surface area (Å²) in [7, 11) is 0. The minimum absolute atomic E-state index is 0.141. The highest BCUT2D eigenvalue weighted by Crippen LogP contribution is 2.30. The maximum atomic E-state index is 13.0. The van der Waals surface area contributed by atoms with Gasteiger partial charge in [0.1, 0.15) is 0 Å². The summed E-state index contributed by atoms with van der Waals surface area (Å²) < 4.78 is 0. The van der Waals surface area contributed by atoms with Crippen molar-refractivity contribution < 1.29 is 9.59 Å². The lowest BCUT2D eigenvalue weighted by Crippen LogP contribution is -2.29. The molecule has 0 unspecified atom stereocenters. The van der Waals surface area contributed by atoms with Crippen LogP contribution < -0.4 is 5.32 Å². The van der Waals surface area contributed by atoms with Crippen molar-refractivity contribution in [3.05, 3.63) is 64.5 Å². The van der Waals surface area contributed by atoms with E-state index in [0.717, 1.165) is 54.9 Å². The predicted molar refractivity (Wildman–Crippen MR) is 135 cm³/mol. The summed E-state index contributed by atoms with van der Waals surface area (Å²) >= 11 is 2.86. The maximum Gasteiger partial charge on any atom is 0.258 e. The van der Waals surface area contributed by atoms with Crippen LogP contribution in [0.4, 0.5) is 5.13 Å². The third kappa shape index (κ3) is 5.14. The molecule has 5 nitrogen and oxygen atoms in total. The number of amides is 2. The zero-order valence-corrected chi connectivity index (χ0v) is 20.1. The minimum Gasteiger partial charge on any atom is -0.342 e. The smallest absolute Gasteiger partial charge is 0.258 e. The number of aromatic nitrogens is 1. The molecule has 0 saturated carbocycles. The van der Waals surface area contributed by atoms with Gasteiger partial charge < -0.3 is 4.90 Å².